The molecular weight excluding hydrogens is 445 g/mol. The van der Waals surface area contributed by atoms with Crippen molar-refractivity contribution in [3.8, 4) is 11.5 Å². The zero-order chi connectivity index (χ0) is 24.1. The van der Waals surface area contributed by atoms with Gasteiger partial charge in [-0.15, -0.1) is 0 Å². The molecular formula is C24H24ClF3O4. The van der Waals surface area contributed by atoms with Gasteiger partial charge >= 0.3 is 6.18 Å². The Balaban J connectivity index is 1.95. The van der Waals surface area contributed by atoms with Crippen LogP contribution in [0.3, 0.4) is 0 Å². The summed E-state index contributed by atoms with van der Waals surface area (Å²) in [4.78, 5) is 26.1. The molecule has 0 amide bonds. The molecule has 0 atom stereocenters. The molecule has 1 fully saturated rings. The lowest BCUT2D eigenvalue weighted by Gasteiger charge is -2.43. The van der Waals surface area contributed by atoms with Gasteiger partial charge in [0.25, 0.3) is 0 Å². The van der Waals surface area contributed by atoms with Crippen LogP contribution in [0.4, 0.5) is 13.2 Å². The molecule has 0 aliphatic carbocycles. The van der Waals surface area contributed by atoms with Gasteiger partial charge in [0.2, 0.25) is 0 Å². The van der Waals surface area contributed by atoms with Gasteiger partial charge in [-0.05, 0) is 69.5 Å². The molecule has 2 aromatic rings. The lowest BCUT2D eigenvalue weighted by molar-refractivity contribution is -0.184. The molecule has 3 rings (SSSR count). The van der Waals surface area contributed by atoms with Crippen LogP contribution in [0.15, 0.2) is 36.4 Å². The maximum Gasteiger partial charge on any atom is 0.417 e. The number of carbonyl (C=O) groups excluding carboxylic acids is 2. The van der Waals surface area contributed by atoms with Crippen molar-refractivity contribution >= 4 is 23.2 Å². The lowest BCUT2D eigenvalue weighted by Crippen LogP contribution is -2.58. The summed E-state index contributed by atoms with van der Waals surface area (Å²) in [6.45, 7) is 8.46. The van der Waals surface area contributed by atoms with Gasteiger partial charge in [0, 0.05) is 6.07 Å². The predicted molar refractivity (Wildman–Crippen MR) is 114 cm³/mol. The monoisotopic (exact) mass is 468 g/mol. The molecule has 1 aliphatic rings. The Hall–Kier alpha value is -2.38. The number of halogens is 4. The second-order valence-electron chi connectivity index (χ2n) is 8.74. The van der Waals surface area contributed by atoms with E-state index in [9.17, 15) is 22.8 Å². The average molecular weight is 469 g/mol. The number of ketones is 2. The topological polar surface area (TPSA) is 52.6 Å². The molecule has 0 spiro atoms. The third kappa shape index (κ3) is 4.55. The molecule has 0 bridgehead atoms. The van der Waals surface area contributed by atoms with E-state index in [4.69, 9.17) is 21.1 Å². The van der Waals surface area contributed by atoms with Crippen molar-refractivity contribution < 1.29 is 32.2 Å². The Kier molecular flexibility index (Phi) is 6.21. The summed E-state index contributed by atoms with van der Waals surface area (Å²) in [6.07, 6.45) is -4.05. The van der Waals surface area contributed by atoms with E-state index in [0.29, 0.717) is 17.7 Å². The molecule has 0 saturated carbocycles. The standard InChI is InChI=1S/C24H24ClF3O4/c1-6-13-11-14(31-15-8-10-17(18(25)12-15)24(26,27)28)7-9-16(13)19-20(29)22(2,3)32-23(4,5)21(19)30/h7-12,19H,6H2,1-5H3. The third-order valence-electron chi connectivity index (χ3n) is 5.51. The lowest BCUT2D eigenvalue weighted by atomic mass is 9.74. The molecule has 1 aliphatic heterocycles. The second-order valence-corrected chi connectivity index (χ2v) is 9.15. The third-order valence-corrected chi connectivity index (χ3v) is 5.82. The van der Waals surface area contributed by atoms with Crippen molar-refractivity contribution in [3.05, 3.63) is 58.1 Å². The van der Waals surface area contributed by atoms with E-state index in [1.807, 2.05) is 6.92 Å². The van der Waals surface area contributed by atoms with Crippen LogP contribution >= 0.6 is 11.6 Å². The van der Waals surface area contributed by atoms with Crippen LogP contribution in [0.25, 0.3) is 0 Å². The molecule has 0 N–H and O–H groups in total. The highest BCUT2D eigenvalue weighted by Gasteiger charge is 2.53. The Morgan fingerprint density at radius 3 is 2.00 bits per heavy atom. The largest absolute Gasteiger partial charge is 0.457 e. The first kappa shape index (κ1) is 24.3. The predicted octanol–water partition coefficient (Wildman–Crippen LogP) is 6.52. The first-order chi connectivity index (χ1) is 14.7. The number of hydrogen-bond donors (Lipinski definition) is 0. The summed E-state index contributed by atoms with van der Waals surface area (Å²) in [6, 6.07) is 8.05. The first-order valence-electron chi connectivity index (χ1n) is 10.1. The van der Waals surface area contributed by atoms with Crippen LogP contribution in [-0.4, -0.2) is 22.8 Å². The van der Waals surface area contributed by atoms with Crippen LogP contribution in [-0.2, 0) is 26.9 Å². The van der Waals surface area contributed by atoms with E-state index >= 15 is 0 Å². The van der Waals surface area contributed by atoms with Crippen LogP contribution in [0.2, 0.25) is 5.02 Å². The van der Waals surface area contributed by atoms with Crippen molar-refractivity contribution in [2.45, 2.75) is 64.3 Å². The highest BCUT2D eigenvalue weighted by Crippen LogP contribution is 2.41. The number of aryl methyl sites for hydroxylation is 1. The fourth-order valence-corrected chi connectivity index (χ4v) is 4.27. The fourth-order valence-electron chi connectivity index (χ4n) is 3.99. The van der Waals surface area contributed by atoms with Crippen molar-refractivity contribution in [2.24, 2.45) is 0 Å². The van der Waals surface area contributed by atoms with Gasteiger partial charge in [0.15, 0.2) is 11.6 Å². The second kappa shape index (κ2) is 8.19. The summed E-state index contributed by atoms with van der Waals surface area (Å²) in [5.74, 6) is -1.12. The van der Waals surface area contributed by atoms with Crippen LogP contribution in [0, 0.1) is 0 Å². The van der Waals surface area contributed by atoms with Gasteiger partial charge in [-0.3, -0.25) is 9.59 Å². The number of carbonyl (C=O) groups is 2. The summed E-state index contributed by atoms with van der Waals surface area (Å²) in [5.41, 5.74) is -1.90. The Morgan fingerprint density at radius 2 is 1.50 bits per heavy atom. The molecule has 32 heavy (non-hydrogen) atoms. The van der Waals surface area contributed by atoms with Gasteiger partial charge in [0.1, 0.15) is 28.6 Å². The zero-order valence-corrected chi connectivity index (χ0v) is 19.1. The van der Waals surface area contributed by atoms with Gasteiger partial charge in [0.05, 0.1) is 10.6 Å². The quantitative estimate of drug-likeness (QED) is 0.479. The molecule has 0 radical (unpaired) electrons. The molecule has 0 unspecified atom stereocenters. The number of hydrogen-bond acceptors (Lipinski definition) is 4. The molecule has 1 heterocycles. The maximum atomic E-state index is 13.1. The molecule has 1 saturated heterocycles. The Morgan fingerprint density at radius 1 is 0.969 bits per heavy atom. The van der Waals surface area contributed by atoms with Crippen LogP contribution in [0.5, 0.6) is 11.5 Å². The summed E-state index contributed by atoms with van der Waals surface area (Å²) >= 11 is 5.76. The summed E-state index contributed by atoms with van der Waals surface area (Å²) in [5, 5.41) is -0.467. The van der Waals surface area contributed by atoms with Gasteiger partial charge < -0.3 is 9.47 Å². The minimum Gasteiger partial charge on any atom is -0.457 e. The number of rotatable bonds is 4. The Labute approximate surface area is 189 Å². The van der Waals surface area contributed by atoms with Crippen molar-refractivity contribution in [3.63, 3.8) is 0 Å². The van der Waals surface area contributed by atoms with E-state index in [0.717, 1.165) is 17.7 Å². The number of alkyl halides is 3. The van der Waals surface area contributed by atoms with Gasteiger partial charge in [-0.25, -0.2) is 0 Å². The smallest absolute Gasteiger partial charge is 0.417 e. The van der Waals surface area contributed by atoms with E-state index in [2.05, 4.69) is 0 Å². The zero-order valence-electron chi connectivity index (χ0n) is 18.4. The first-order valence-corrected chi connectivity index (χ1v) is 10.5. The van der Waals surface area contributed by atoms with E-state index in [-0.39, 0.29) is 17.3 Å². The number of benzene rings is 2. The molecule has 8 heteroatoms. The molecule has 2 aromatic carbocycles. The maximum absolute atomic E-state index is 13.1. The average Bonchev–Trinajstić information content (AvgIpc) is 2.66. The van der Waals surface area contributed by atoms with E-state index < -0.39 is 33.9 Å². The number of ether oxygens (including phenoxy) is 2. The van der Waals surface area contributed by atoms with Crippen molar-refractivity contribution in [1.29, 1.82) is 0 Å². The van der Waals surface area contributed by atoms with Crippen molar-refractivity contribution in [1.82, 2.24) is 0 Å². The van der Waals surface area contributed by atoms with Gasteiger partial charge in [-0.2, -0.15) is 13.2 Å². The minimum atomic E-state index is -4.56. The Bertz CT molecular complexity index is 1050. The summed E-state index contributed by atoms with van der Waals surface area (Å²) < 4.78 is 50.2. The highest BCUT2D eigenvalue weighted by atomic mass is 35.5. The minimum absolute atomic E-state index is 0.137. The SMILES string of the molecule is CCc1cc(Oc2ccc(C(F)(F)F)c(Cl)c2)ccc1C1C(=O)C(C)(C)OC(C)(C)C1=O. The van der Waals surface area contributed by atoms with Crippen LogP contribution in [0.1, 0.15) is 57.2 Å². The normalized spacial score (nSPS) is 18.7. The fraction of sp³-hybridized carbons (Fsp3) is 0.417. The van der Waals surface area contributed by atoms with E-state index in [1.165, 1.54) is 6.07 Å². The molecule has 172 valence electrons. The highest BCUT2D eigenvalue weighted by molar-refractivity contribution is 6.31. The summed E-state index contributed by atoms with van der Waals surface area (Å²) in [7, 11) is 0. The van der Waals surface area contributed by atoms with Gasteiger partial charge in [-0.1, -0.05) is 24.6 Å². The molecule has 0 aromatic heterocycles. The van der Waals surface area contributed by atoms with Crippen LogP contribution < -0.4 is 4.74 Å². The van der Waals surface area contributed by atoms with E-state index in [1.54, 1.807) is 45.9 Å². The number of Topliss-reactive ketones (excluding diaryl/α,β-unsaturated/α-hetero) is 2. The van der Waals surface area contributed by atoms with Crippen molar-refractivity contribution in [2.75, 3.05) is 0 Å². The molecule has 4 nitrogen and oxygen atoms in total.